The van der Waals surface area contributed by atoms with Gasteiger partial charge in [-0.05, 0) is 98.5 Å². The monoisotopic (exact) mass is 498 g/mol. The summed E-state index contributed by atoms with van der Waals surface area (Å²) in [5.74, 6) is 2.05. The van der Waals surface area contributed by atoms with Crippen LogP contribution in [-0.2, 0) is 4.74 Å². The van der Waals surface area contributed by atoms with Gasteiger partial charge in [0.2, 0.25) is 0 Å². The molecule has 0 radical (unpaired) electrons. The van der Waals surface area contributed by atoms with Gasteiger partial charge in [-0.15, -0.1) is 0 Å². The Labute approximate surface area is 216 Å². The Bertz CT molecular complexity index is 971. The Kier molecular flexibility index (Phi) is 6.63. The molecule has 6 nitrogen and oxygen atoms in total. The van der Waals surface area contributed by atoms with Crippen molar-refractivity contribution in [2.75, 3.05) is 39.4 Å². The summed E-state index contributed by atoms with van der Waals surface area (Å²) in [7, 11) is 0. The van der Waals surface area contributed by atoms with Gasteiger partial charge in [0.1, 0.15) is 0 Å². The van der Waals surface area contributed by atoms with Crippen molar-refractivity contribution in [2.24, 2.45) is 28.6 Å². The van der Waals surface area contributed by atoms with Gasteiger partial charge in [0.25, 0.3) is 0 Å². The van der Waals surface area contributed by atoms with E-state index < -0.39 is 5.60 Å². The topological polar surface area (TPSA) is 74.9 Å². The van der Waals surface area contributed by atoms with E-state index in [4.69, 9.17) is 9.15 Å². The standard InChI is InChI=1S/C30H46N2O4/c1-28-10-7-23(31-13-14-32-15-17-35-18-16-32)19-22(28)4-5-26-25(28)8-11-29(2)24(9-12-30(26,29)34)21-3-6-27(33)36-20-21/h3,6,20,22-26,31,34H,4-5,7-19H2,1-2H3/t22?,23?,24-,25+,26-,28+,29-,30+/m1/s1. The van der Waals surface area contributed by atoms with E-state index in [2.05, 4.69) is 24.1 Å². The van der Waals surface area contributed by atoms with Crippen LogP contribution < -0.4 is 10.9 Å². The van der Waals surface area contributed by atoms with Gasteiger partial charge < -0.3 is 19.6 Å². The Morgan fingerprint density at radius 2 is 1.86 bits per heavy atom. The largest absolute Gasteiger partial charge is 0.431 e. The van der Waals surface area contributed by atoms with Gasteiger partial charge in [-0.1, -0.05) is 13.8 Å². The molecule has 1 aromatic rings. The minimum Gasteiger partial charge on any atom is -0.431 e. The third-order valence-electron chi connectivity index (χ3n) is 11.9. The quantitative estimate of drug-likeness (QED) is 0.635. The fraction of sp³-hybridized carbons (Fsp3) is 0.833. The molecule has 4 aliphatic carbocycles. The van der Waals surface area contributed by atoms with E-state index in [1.165, 1.54) is 32.1 Å². The first kappa shape index (κ1) is 25.1. The Balaban J connectivity index is 1.12. The fourth-order valence-corrected chi connectivity index (χ4v) is 9.76. The van der Waals surface area contributed by atoms with E-state index in [9.17, 15) is 9.90 Å². The maximum atomic E-state index is 12.4. The van der Waals surface area contributed by atoms with Gasteiger partial charge in [-0.2, -0.15) is 0 Å². The molecule has 5 aliphatic rings. The van der Waals surface area contributed by atoms with Gasteiger partial charge in [-0.25, -0.2) is 4.79 Å². The molecule has 0 spiro atoms. The van der Waals surface area contributed by atoms with Crippen LogP contribution in [0.4, 0.5) is 0 Å². The normalized spacial score (nSPS) is 45.0. The first-order valence-electron chi connectivity index (χ1n) is 14.7. The summed E-state index contributed by atoms with van der Waals surface area (Å²) in [4.78, 5) is 14.1. The second-order valence-electron chi connectivity index (χ2n) is 13.2. The summed E-state index contributed by atoms with van der Waals surface area (Å²) in [5.41, 5.74) is 0.390. The zero-order valence-electron chi connectivity index (χ0n) is 22.3. The van der Waals surface area contributed by atoms with E-state index in [-0.39, 0.29) is 17.0 Å². The molecule has 200 valence electrons. The third kappa shape index (κ3) is 4.02. The van der Waals surface area contributed by atoms with Crippen molar-refractivity contribution in [3.8, 4) is 0 Å². The number of aliphatic hydroxyl groups is 1. The molecule has 0 amide bonds. The summed E-state index contributed by atoms with van der Waals surface area (Å²) in [5, 5.41) is 16.3. The Hall–Kier alpha value is -1.21. The Morgan fingerprint density at radius 3 is 2.64 bits per heavy atom. The molecule has 6 rings (SSSR count). The van der Waals surface area contributed by atoms with Crippen molar-refractivity contribution in [1.82, 2.24) is 10.2 Å². The maximum absolute atomic E-state index is 12.4. The van der Waals surface area contributed by atoms with Gasteiger partial charge >= 0.3 is 5.63 Å². The van der Waals surface area contributed by atoms with Crippen molar-refractivity contribution in [1.29, 1.82) is 0 Å². The molecule has 36 heavy (non-hydrogen) atoms. The van der Waals surface area contributed by atoms with Gasteiger partial charge in [0.15, 0.2) is 0 Å². The van der Waals surface area contributed by atoms with Crippen molar-refractivity contribution >= 4 is 0 Å². The molecule has 0 aromatic carbocycles. The fourth-order valence-electron chi connectivity index (χ4n) is 9.76. The van der Waals surface area contributed by atoms with E-state index in [1.807, 2.05) is 6.07 Å². The summed E-state index contributed by atoms with van der Waals surface area (Å²) in [6, 6.07) is 4.12. The minimum atomic E-state index is -0.613. The number of hydrogen-bond acceptors (Lipinski definition) is 6. The number of nitrogens with one attached hydrogen (secondary N) is 1. The van der Waals surface area contributed by atoms with E-state index in [1.54, 1.807) is 12.3 Å². The lowest BCUT2D eigenvalue weighted by Crippen LogP contribution is -2.62. The second-order valence-corrected chi connectivity index (χ2v) is 13.2. The molecule has 5 fully saturated rings. The van der Waals surface area contributed by atoms with Crippen molar-refractivity contribution in [3.63, 3.8) is 0 Å². The Morgan fingerprint density at radius 1 is 1.03 bits per heavy atom. The molecule has 8 atom stereocenters. The van der Waals surface area contributed by atoms with Crippen LogP contribution in [0.2, 0.25) is 0 Å². The highest BCUT2D eigenvalue weighted by atomic mass is 16.5. The molecule has 2 unspecified atom stereocenters. The van der Waals surface area contributed by atoms with Crippen molar-refractivity contribution in [3.05, 3.63) is 34.4 Å². The number of fused-ring (bicyclic) bond motifs is 5. The zero-order valence-corrected chi connectivity index (χ0v) is 22.3. The van der Waals surface area contributed by atoms with Crippen LogP contribution in [0, 0.1) is 28.6 Å². The van der Waals surface area contributed by atoms with Crippen LogP contribution in [0.3, 0.4) is 0 Å². The van der Waals surface area contributed by atoms with Crippen LogP contribution in [-0.4, -0.2) is 61.0 Å². The minimum absolute atomic E-state index is 0.143. The molecular weight excluding hydrogens is 452 g/mol. The zero-order chi connectivity index (χ0) is 25.0. The summed E-state index contributed by atoms with van der Waals surface area (Å²) in [6.45, 7) is 11.0. The third-order valence-corrected chi connectivity index (χ3v) is 11.9. The van der Waals surface area contributed by atoms with Crippen LogP contribution in [0.25, 0.3) is 0 Å². The van der Waals surface area contributed by atoms with Crippen LogP contribution in [0.15, 0.2) is 27.6 Å². The van der Waals surface area contributed by atoms with Gasteiger partial charge in [0.05, 0.1) is 25.1 Å². The molecule has 0 bridgehead atoms. The molecule has 2 heterocycles. The molecule has 1 saturated heterocycles. The number of ether oxygens (including phenoxy) is 1. The molecule has 1 aromatic heterocycles. The lowest BCUT2D eigenvalue weighted by atomic mass is 9.43. The lowest BCUT2D eigenvalue weighted by molar-refractivity contribution is -0.202. The molecular formula is C30H46N2O4. The summed E-state index contributed by atoms with van der Waals surface area (Å²) >= 11 is 0. The molecule has 4 saturated carbocycles. The lowest BCUT2D eigenvalue weighted by Gasteiger charge is -2.64. The van der Waals surface area contributed by atoms with Gasteiger partial charge in [0, 0.05) is 43.7 Å². The first-order valence-corrected chi connectivity index (χ1v) is 14.7. The number of hydrogen-bond donors (Lipinski definition) is 2. The van der Waals surface area contributed by atoms with E-state index in [0.717, 1.165) is 76.6 Å². The summed E-state index contributed by atoms with van der Waals surface area (Å²) in [6.07, 6.45) is 12.1. The van der Waals surface area contributed by atoms with E-state index in [0.29, 0.717) is 23.3 Å². The number of rotatable bonds is 5. The van der Waals surface area contributed by atoms with Crippen LogP contribution in [0.5, 0.6) is 0 Å². The molecule has 2 N–H and O–H groups in total. The highest BCUT2D eigenvalue weighted by Crippen LogP contribution is 2.70. The molecule has 1 aliphatic heterocycles. The smallest absolute Gasteiger partial charge is 0.335 e. The van der Waals surface area contributed by atoms with Crippen molar-refractivity contribution < 1.29 is 14.3 Å². The second kappa shape index (κ2) is 9.52. The van der Waals surface area contributed by atoms with Gasteiger partial charge in [-0.3, -0.25) is 4.90 Å². The number of morpholine rings is 1. The SMILES string of the molecule is C[C@]12CCC(NCCN3CCOCC3)CC1CC[C@@H]1[C@@H]2CC[C@]2(C)[C@@H](c3ccc(=O)oc3)CC[C@]12O. The molecule has 6 heteroatoms. The first-order chi connectivity index (χ1) is 17.3. The van der Waals surface area contributed by atoms with Crippen LogP contribution in [0.1, 0.15) is 83.1 Å². The average Bonchev–Trinajstić information content (AvgIpc) is 3.16. The number of nitrogens with zero attached hydrogens (tertiary/aromatic N) is 1. The van der Waals surface area contributed by atoms with Crippen LogP contribution >= 0.6 is 0 Å². The predicted octanol–water partition coefficient (Wildman–Crippen LogP) is 4.17. The van der Waals surface area contributed by atoms with Crippen molar-refractivity contribution in [2.45, 2.75) is 89.2 Å². The average molecular weight is 499 g/mol. The van der Waals surface area contributed by atoms with E-state index >= 15 is 0 Å². The summed E-state index contributed by atoms with van der Waals surface area (Å²) < 4.78 is 10.7. The highest BCUT2D eigenvalue weighted by molar-refractivity contribution is 5.27. The predicted molar refractivity (Wildman–Crippen MR) is 140 cm³/mol. The maximum Gasteiger partial charge on any atom is 0.335 e. The highest BCUT2D eigenvalue weighted by Gasteiger charge is 2.67.